The molecule has 1 saturated heterocycles. The van der Waals surface area contributed by atoms with Gasteiger partial charge < -0.3 is 15.4 Å². The van der Waals surface area contributed by atoms with Crippen LogP contribution in [-0.2, 0) is 0 Å². The molecular weight excluding hydrogens is 274 g/mol. The Morgan fingerprint density at radius 2 is 1.90 bits per heavy atom. The summed E-state index contributed by atoms with van der Waals surface area (Å²) in [7, 11) is 3.75. The standard InChI is InChI=1S/C14H23N3O2S/c1-8-6-17(7-9(2)16(8)4)14-12(19-5)11(15)13(20-14)10(3)18/h8-9H,6-7,15H2,1-5H3. The Balaban J connectivity index is 2.37. The molecule has 0 spiro atoms. The molecule has 2 atom stereocenters. The number of nitrogens with two attached hydrogens (primary N) is 1. The first kappa shape index (κ1) is 15.1. The third-order valence-corrected chi connectivity index (χ3v) is 5.40. The summed E-state index contributed by atoms with van der Waals surface area (Å²) in [6.45, 7) is 7.78. The van der Waals surface area contributed by atoms with Gasteiger partial charge in [0.15, 0.2) is 11.5 Å². The van der Waals surface area contributed by atoms with Crippen molar-refractivity contribution in [2.45, 2.75) is 32.9 Å². The Bertz CT molecular complexity index is 503. The number of likely N-dealkylation sites (N-methyl/N-ethyl adjacent to an activating group) is 1. The van der Waals surface area contributed by atoms with Crippen LogP contribution in [0.25, 0.3) is 0 Å². The van der Waals surface area contributed by atoms with Crippen molar-refractivity contribution in [3.05, 3.63) is 4.88 Å². The molecule has 0 radical (unpaired) electrons. The summed E-state index contributed by atoms with van der Waals surface area (Å²) in [5, 5.41) is 0.974. The Labute approximate surface area is 124 Å². The third kappa shape index (κ3) is 2.50. The van der Waals surface area contributed by atoms with Crippen molar-refractivity contribution in [2.75, 3.05) is 37.9 Å². The lowest BCUT2D eigenvalue weighted by Gasteiger charge is -2.43. The molecule has 1 fully saturated rings. The summed E-state index contributed by atoms with van der Waals surface area (Å²) in [4.78, 5) is 16.9. The normalized spacial score (nSPS) is 23.9. The fourth-order valence-electron chi connectivity index (χ4n) is 2.65. The maximum absolute atomic E-state index is 11.7. The van der Waals surface area contributed by atoms with Crippen LogP contribution in [0, 0.1) is 0 Å². The minimum Gasteiger partial charge on any atom is -0.492 e. The summed E-state index contributed by atoms with van der Waals surface area (Å²) in [5.41, 5.74) is 6.52. The molecule has 20 heavy (non-hydrogen) atoms. The molecule has 0 saturated carbocycles. The van der Waals surface area contributed by atoms with Gasteiger partial charge in [0.05, 0.1) is 17.7 Å². The lowest BCUT2D eigenvalue weighted by Crippen LogP contribution is -2.54. The van der Waals surface area contributed by atoms with E-state index in [-0.39, 0.29) is 5.78 Å². The smallest absolute Gasteiger partial charge is 0.177 e. The van der Waals surface area contributed by atoms with Gasteiger partial charge in [-0.05, 0) is 20.9 Å². The lowest BCUT2D eigenvalue weighted by atomic mass is 10.1. The average molecular weight is 297 g/mol. The highest BCUT2D eigenvalue weighted by Gasteiger charge is 2.31. The van der Waals surface area contributed by atoms with Gasteiger partial charge in [0, 0.05) is 32.1 Å². The van der Waals surface area contributed by atoms with E-state index in [0.29, 0.717) is 28.4 Å². The van der Waals surface area contributed by atoms with E-state index in [1.54, 1.807) is 14.0 Å². The van der Waals surface area contributed by atoms with E-state index < -0.39 is 0 Å². The second-order valence-corrected chi connectivity index (χ2v) is 6.51. The van der Waals surface area contributed by atoms with Crippen molar-refractivity contribution in [3.8, 4) is 5.75 Å². The van der Waals surface area contributed by atoms with E-state index in [9.17, 15) is 4.79 Å². The number of carbonyl (C=O) groups excluding carboxylic acids is 1. The van der Waals surface area contributed by atoms with Gasteiger partial charge in [-0.15, -0.1) is 11.3 Å². The second kappa shape index (κ2) is 5.61. The summed E-state index contributed by atoms with van der Waals surface area (Å²) < 4.78 is 5.44. The van der Waals surface area contributed by atoms with Crippen LogP contribution in [0.15, 0.2) is 0 Å². The highest BCUT2D eigenvalue weighted by molar-refractivity contribution is 7.19. The Morgan fingerprint density at radius 3 is 2.35 bits per heavy atom. The molecule has 2 unspecified atom stereocenters. The Hall–Kier alpha value is -1.27. The first-order valence-electron chi connectivity index (χ1n) is 6.80. The zero-order valence-corrected chi connectivity index (χ0v) is 13.6. The van der Waals surface area contributed by atoms with E-state index in [0.717, 1.165) is 18.1 Å². The minimum atomic E-state index is -0.00715. The Kier molecular flexibility index (Phi) is 4.25. The first-order valence-corrected chi connectivity index (χ1v) is 7.62. The van der Waals surface area contributed by atoms with Crippen molar-refractivity contribution >= 4 is 27.8 Å². The molecule has 0 amide bonds. The monoisotopic (exact) mass is 297 g/mol. The predicted molar refractivity (Wildman–Crippen MR) is 84.2 cm³/mol. The largest absolute Gasteiger partial charge is 0.492 e. The number of ether oxygens (including phenoxy) is 1. The predicted octanol–water partition coefficient (Wildman–Crippen LogP) is 2.07. The fraction of sp³-hybridized carbons (Fsp3) is 0.643. The van der Waals surface area contributed by atoms with Crippen LogP contribution in [0.5, 0.6) is 5.75 Å². The number of ketones is 1. The molecule has 1 aromatic rings. The van der Waals surface area contributed by atoms with E-state index in [1.165, 1.54) is 11.3 Å². The van der Waals surface area contributed by atoms with Crippen LogP contribution in [0.2, 0.25) is 0 Å². The molecule has 6 heteroatoms. The van der Waals surface area contributed by atoms with Crippen molar-refractivity contribution in [1.82, 2.24) is 4.90 Å². The summed E-state index contributed by atoms with van der Waals surface area (Å²) in [5.74, 6) is 0.636. The summed E-state index contributed by atoms with van der Waals surface area (Å²) >= 11 is 1.44. The number of carbonyl (C=O) groups is 1. The highest BCUT2D eigenvalue weighted by Crippen LogP contribution is 2.45. The van der Waals surface area contributed by atoms with Crippen LogP contribution >= 0.6 is 11.3 Å². The van der Waals surface area contributed by atoms with Crippen molar-refractivity contribution < 1.29 is 9.53 Å². The molecule has 0 aliphatic carbocycles. The van der Waals surface area contributed by atoms with Crippen LogP contribution < -0.4 is 15.4 Å². The SMILES string of the molecule is COc1c(N2CC(C)N(C)C(C)C2)sc(C(C)=O)c1N. The fourth-order valence-corrected chi connectivity index (χ4v) is 3.76. The van der Waals surface area contributed by atoms with Crippen molar-refractivity contribution in [3.63, 3.8) is 0 Å². The van der Waals surface area contributed by atoms with Crippen LogP contribution in [-0.4, -0.2) is 50.0 Å². The second-order valence-electron chi connectivity index (χ2n) is 5.51. The quantitative estimate of drug-likeness (QED) is 0.866. The summed E-state index contributed by atoms with van der Waals surface area (Å²) in [6.07, 6.45) is 0. The van der Waals surface area contributed by atoms with E-state index in [4.69, 9.17) is 10.5 Å². The zero-order chi connectivity index (χ0) is 15.0. The lowest BCUT2D eigenvalue weighted by molar-refractivity contribution is 0.102. The molecule has 0 bridgehead atoms. The van der Waals surface area contributed by atoms with Gasteiger partial charge in [0.2, 0.25) is 0 Å². The molecule has 5 nitrogen and oxygen atoms in total. The van der Waals surface area contributed by atoms with Crippen LogP contribution in [0.3, 0.4) is 0 Å². The van der Waals surface area contributed by atoms with Crippen LogP contribution in [0.4, 0.5) is 10.7 Å². The molecule has 2 rings (SSSR count). The number of hydrogen-bond acceptors (Lipinski definition) is 6. The number of piperazine rings is 1. The van der Waals surface area contributed by atoms with E-state index in [2.05, 4.69) is 30.7 Å². The van der Waals surface area contributed by atoms with Crippen LogP contribution in [0.1, 0.15) is 30.4 Å². The Morgan fingerprint density at radius 1 is 1.35 bits per heavy atom. The third-order valence-electron chi connectivity index (χ3n) is 4.05. The van der Waals surface area contributed by atoms with Gasteiger partial charge in [-0.3, -0.25) is 9.69 Å². The molecule has 112 valence electrons. The van der Waals surface area contributed by atoms with Gasteiger partial charge in [-0.25, -0.2) is 0 Å². The molecule has 2 heterocycles. The van der Waals surface area contributed by atoms with Crippen molar-refractivity contribution in [1.29, 1.82) is 0 Å². The molecule has 1 aliphatic rings. The highest BCUT2D eigenvalue weighted by atomic mass is 32.1. The van der Waals surface area contributed by atoms with E-state index >= 15 is 0 Å². The summed E-state index contributed by atoms with van der Waals surface area (Å²) in [6, 6.07) is 0.903. The minimum absolute atomic E-state index is 0.00715. The maximum Gasteiger partial charge on any atom is 0.177 e. The van der Waals surface area contributed by atoms with Gasteiger partial charge in [-0.2, -0.15) is 0 Å². The van der Waals surface area contributed by atoms with Gasteiger partial charge in [0.25, 0.3) is 0 Å². The number of rotatable bonds is 3. The molecule has 1 aromatic heterocycles. The zero-order valence-electron chi connectivity index (χ0n) is 12.8. The van der Waals surface area contributed by atoms with E-state index in [1.807, 2.05) is 0 Å². The average Bonchev–Trinajstić information content (AvgIpc) is 2.72. The first-order chi connectivity index (χ1) is 9.36. The van der Waals surface area contributed by atoms with Crippen molar-refractivity contribution in [2.24, 2.45) is 0 Å². The topological polar surface area (TPSA) is 58.8 Å². The molecule has 0 aromatic carbocycles. The molecule has 1 aliphatic heterocycles. The number of anilines is 2. The number of nitrogen functional groups attached to an aromatic ring is 1. The number of methoxy groups -OCH3 is 1. The maximum atomic E-state index is 11.7. The molecular formula is C14H23N3O2S. The number of hydrogen-bond donors (Lipinski definition) is 1. The number of nitrogens with zero attached hydrogens (tertiary/aromatic N) is 2. The number of thiophene rings is 1. The molecule has 2 N–H and O–H groups in total. The number of Topliss-reactive ketones (excluding diaryl/α,β-unsaturated/α-hetero) is 1. The van der Waals surface area contributed by atoms with Gasteiger partial charge in [0.1, 0.15) is 5.00 Å². The van der Waals surface area contributed by atoms with Gasteiger partial charge >= 0.3 is 0 Å². The van der Waals surface area contributed by atoms with Gasteiger partial charge in [-0.1, -0.05) is 0 Å².